The third kappa shape index (κ3) is 3.84. The number of carbonyl (C=O) groups is 3. The zero-order chi connectivity index (χ0) is 26.1. The molecule has 1 fully saturated rings. The molecule has 0 radical (unpaired) electrons. The molecule has 7 heteroatoms. The molecule has 0 bridgehead atoms. The van der Waals surface area contributed by atoms with Gasteiger partial charge in [-0.3, -0.25) is 9.59 Å². The van der Waals surface area contributed by atoms with Crippen molar-refractivity contribution in [1.29, 1.82) is 0 Å². The second-order valence-corrected chi connectivity index (χ2v) is 11.8. The number of rotatable bonds is 5. The largest absolute Gasteiger partial charge is 0.496 e. The van der Waals surface area contributed by atoms with Crippen LogP contribution < -0.4 is 4.74 Å². The first kappa shape index (κ1) is 24.6. The van der Waals surface area contributed by atoms with Crippen LogP contribution in [0.3, 0.4) is 0 Å². The van der Waals surface area contributed by atoms with Crippen LogP contribution in [0.25, 0.3) is 0 Å². The molecule has 1 aromatic carbocycles. The van der Waals surface area contributed by atoms with Crippen LogP contribution >= 0.6 is 0 Å². The molecule has 1 amide bonds. The molecule has 36 heavy (non-hydrogen) atoms. The summed E-state index contributed by atoms with van der Waals surface area (Å²) in [5, 5.41) is 10.4. The summed E-state index contributed by atoms with van der Waals surface area (Å²) in [6.07, 6.45) is 3.22. The third-order valence-electron chi connectivity index (χ3n) is 8.19. The van der Waals surface area contributed by atoms with Gasteiger partial charge < -0.3 is 19.5 Å². The van der Waals surface area contributed by atoms with Gasteiger partial charge in [-0.2, -0.15) is 0 Å². The van der Waals surface area contributed by atoms with Gasteiger partial charge in [0, 0.05) is 43.5 Å². The lowest BCUT2D eigenvalue weighted by atomic mass is 9.67. The number of carboxylic acid groups (broad SMARTS) is 1. The number of nitrogens with zero attached hydrogens (tertiary/aromatic N) is 1. The van der Waals surface area contributed by atoms with E-state index in [-0.39, 0.29) is 40.5 Å². The lowest BCUT2D eigenvalue weighted by Crippen LogP contribution is -2.48. The highest BCUT2D eigenvalue weighted by molar-refractivity contribution is 6.07. The van der Waals surface area contributed by atoms with Crippen LogP contribution in [0, 0.1) is 11.3 Å². The van der Waals surface area contributed by atoms with E-state index < -0.39 is 11.9 Å². The summed E-state index contributed by atoms with van der Waals surface area (Å²) >= 11 is 0. The Bertz CT molecular complexity index is 1230. The van der Waals surface area contributed by atoms with Gasteiger partial charge in [-0.05, 0) is 41.7 Å². The third-order valence-corrected chi connectivity index (χ3v) is 8.19. The van der Waals surface area contributed by atoms with Gasteiger partial charge in [-0.1, -0.05) is 33.8 Å². The molecule has 1 N–H and O–H groups in total. The van der Waals surface area contributed by atoms with E-state index in [9.17, 15) is 19.5 Å². The van der Waals surface area contributed by atoms with Crippen molar-refractivity contribution in [3.05, 3.63) is 51.5 Å². The summed E-state index contributed by atoms with van der Waals surface area (Å²) in [6.45, 7) is 8.21. The average molecular weight is 494 g/mol. The highest BCUT2D eigenvalue weighted by Crippen LogP contribution is 2.55. The highest BCUT2D eigenvalue weighted by atomic mass is 16.5. The number of ketones is 1. The zero-order valence-corrected chi connectivity index (χ0v) is 21.9. The molecule has 0 aromatic heterocycles. The molecule has 2 heterocycles. The maximum Gasteiger partial charge on any atom is 0.336 e. The Morgan fingerprint density at radius 3 is 2.42 bits per heavy atom. The SMILES string of the molecule is COc1ccc(C2CC2)c(C(=O)O)c1[C@H]1C2=C(CC(C)(C)CC2=O)OC2=C1C(=O)N(C)[C@H](C(C)C)C2. The number of carbonyl (C=O) groups excluding carboxylic acids is 2. The summed E-state index contributed by atoms with van der Waals surface area (Å²) in [5.41, 5.74) is 1.79. The fraction of sp³-hybridized carbons (Fsp3) is 0.552. The molecule has 1 aromatic rings. The van der Waals surface area contributed by atoms with Crippen LogP contribution in [0.4, 0.5) is 0 Å². The van der Waals surface area contributed by atoms with Crippen molar-refractivity contribution in [2.45, 2.75) is 77.7 Å². The molecule has 1 saturated carbocycles. The standard InChI is InChI=1S/C29H35NO6/c1-14(2)17-11-20-25(27(32)30(17)5)26(23-18(31)12-29(3,4)13-21(23)36-20)24-19(35-6)10-9-16(15-7-8-15)22(24)28(33)34/h9-10,14-15,17,26H,7-8,11-13H2,1-6H3,(H,33,34)/t17-,26+/m0/s1. The van der Waals surface area contributed by atoms with E-state index in [0.717, 1.165) is 18.4 Å². The predicted molar refractivity (Wildman–Crippen MR) is 134 cm³/mol. The van der Waals surface area contributed by atoms with Crippen molar-refractivity contribution in [3.8, 4) is 5.75 Å². The summed E-state index contributed by atoms with van der Waals surface area (Å²) in [4.78, 5) is 42.1. The quantitative estimate of drug-likeness (QED) is 0.608. The van der Waals surface area contributed by atoms with Crippen molar-refractivity contribution >= 4 is 17.7 Å². The summed E-state index contributed by atoms with van der Waals surface area (Å²) in [7, 11) is 3.28. The van der Waals surface area contributed by atoms with E-state index in [1.165, 1.54) is 7.11 Å². The topological polar surface area (TPSA) is 93.1 Å². The van der Waals surface area contributed by atoms with Crippen molar-refractivity contribution in [1.82, 2.24) is 4.90 Å². The fourth-order valence-corrected chi connectivity index (χ4v) is 6.29. The Morgan fingerprint density at radius 2 is 1.83 bits per heavy atom. The molecular weight excluding hydrogens is 458 g/mol. The molecule has 192 valence electrons. The number of benzene rings is 1. The number of aromatic carboxylic acids is 1. The molecule has 0 saturated heterocycles. The van der Waals surface area contributed by atoms with Crippen LogP contribution in [-0.2, 0) is 14.3 Å². The maximum atomic E-state index is 13.9. The summed E-state index contributed by atoms with van der Waals surface area (Å²) < 4.78 is 12.1. The Hall–Kier alpha value is -3.09. The smallest absolute Gasteiger partial charge is 0.336 e. The summed E-state index contributed by atoms with van der Waals surface area (Å²) in [6, 6.07) is 3.56. The molecule has 2 atom stereocenters. The first-order valence-corrected chi connectivity index (χ1v) is 12.8. The van der Waals surface area contributed by atoms with E-state index in [1.807, 2.05) is 19.9 Å². The molecule has 0 spiro atoms. The van der Waals surface area contributed by atoms with Crippen molar-refractivity contribution in [2.24, 2.45) is 11.3 Å². The minimum Gasteiger partial charge on any atom is -0.496 e. The van der Waals surface area contributed by atoms with Gasteiger partial charge in [0.2, 0.25) is 0 Å². The van der Waals surface area contributed by atoms with Crippen LogP contribution in [0.5, 0.6) is 5.75 Å². The van der Waals surface area contributed by atoms with Gasteiger partial charge in [-0.15, -0.1) is 0 Å². The lowest BCUT2D eigenvalue weighted by Gasteiger charge is -2.45. The molecule has 0 unspecified atom stereocenters. The van der Waals surface area contributed by atoms with Gasteiger partial charge >= 0.3 is 5.97 Å². The van der Waals surface area contributed by atoms with Gasteiger partial charge in [0.15, 0.2) is 5.78 Å². The van der Waals surface area contributed by atoms with Crippen molar-refractivity contribution in [2.75, 3.05) is 14.2 Å². The Kier molecular flexibility index (Phi) is 5.80. The number of likely N-dealkylation sites (N-methyl/N-ethyl adjacent to an activating group) is 1. The second-order valence-electron chi connectivity index (χ2n) is 11.8. The Morgan fingerprint density at radius 1 is 1.14 bits per heavy atom. The summed E-state index contributed by atoms with van der Waals surface area (Å²) in [5.74, 6) is -0.362. The number of Topliss-reactive ketones (excluding diaryl/α,β-unsaturated/α-hetero) is 1. The van der Waals surface area contributed by atoms with Crippen LogP contribution in [0.1, 0.15) is 93.1 Å². The highest BCUT2D eigenvalue weighted by Gasteiger charge is 2.50. The fourth-order valence-electron chi connectivity index (χ4n) is 6.29. The number of carboxylic acids is 1. The number of methoxy groups -OCH3 is 1. The number of allylic oxidation sites excluding steroid dienone is 2. The van der Waals surface area contributed by atoms with Crippen molar-refractivity contribution < 1.29 is 29.0 Å². The molecule has 2 aliphatic carbocycles. The number of hydrogen-bond donors (Lipinski definition) is 1. The van der Waals surface area contributed by atoms with Crippen molar-refractivity contribution in [3.63, 3.8) is 0 Å². The zero-order valence-electron chi connectivity index (χ0n) is 21.9. The lowest BCUT2D eigenvalue weighted by molar-refractivity contribution is -0.131. The van der Waals surface area contributed by atoms with Gasteiger partial charge in [0.25, 0.3) is 5.91 Å². The Balaban J connectivity index is 1.82. The average Bonchev–Trinajstić information content (AvgIpc) is 3.63. The molecule has 2 aliphatic heterocycles. The number of amides is 1. The minimum atomic E-state index is -1.07. The number of ether oxygens (including phenoxy) is 2. The van der Waals surface area contributed by atoms with E-state index in [0.29, 0.717) is 53.2 Å². The van der Waals surface area contributed by atoms with Crippen LogP contribution in [0.2, 0.25) is 0 Å². The first-order valence-electron chi connectivity index (χ1n) is 12.8. The van der Waals surface area contributed by atoms with Gasteiger partial charge in [0.05, 0.1) is 24.2 Å². The molecule has 4 aliphatic rings. The van der Waals surface area contributed by atoms with E-state index >= 15 is 0 Å². The molecule has 5 rings (SSSR count). The minimum absolute atomic E-state index is 0.0509. The van der Waals surface area contributed by atoms with E-state index in [1.54, 1.807) is 18.0 Å². The van der Waals surface area contributed by atoms with Crippen LogP contribution in [-0.4, -0.2) is 47.9 Å². The monoisotopic (exact) mass is 493 g/mol. The maximum absolute atomic E-state index is 13.9. The Labute approximate surface area is 212 Å². The van der Waals surface area contributed by atoms with E-state index in [2.05, 4.69) is 13.8 Å². The molecular formula is C29H35NO6. The van der Waals surface area contributed by atoms with Crippen LogP contribution in [0.15, 0.2) is 34.8 Å². The predicted octanol–water partition coefficient (Wildman–Crippen LogP) is 5.17. The van der Waals surface area contributed by atoms with E-state index in [4.69, 9.17) is 9.47 Å². The first-order chi connectivity index (χ1) is 16.9. The van der Waals surface area contributed by atoms with Gasteiger partial charge in [0.1, 0.15) is 17.3 Å². The normalized spacial score (nSPS) is 25.6. The number of hydrogen-bond acceptors (Lipinski definition) is 5. The second kappa shape index (κ2) is 8.49. The molecule has 7 nitrogen and oxygen atoms in total. The van der Waals surface area contributed by atoms with Gasteiger partial charge in [-0.25, -0.2) is 4.79 Å².